The van der Waals surface area contributed by atoms with Crippen molar-refractivity contribution in [1.82, 2.24) is 19.6 Å². The Balaban J connectivity index is 1.69. The minimum absolute atomic E-state index is 0.00825. The molecule has 1 fully saturated rings. The molecule has 0 radical (unpaired) electrons. The SMILES string of the molecule is CCN(CC)CCN(C(=O)Cc1ccc(-n2cccn2)cc1)C1CCS(=O)(=O)C1. The Morgan fingerprint density at radius 2 is 1.90 bits per heavy atom. The Bertz CT molecular complexity index is 891. The first-order valence-electron chi connectivity index (χ1n) is 10.2. The molecule has 0 N–H and O–H groups in total. The molecule has 7 nitrogen and oxygen atoms in total. The molecule has 1 aliphatic heterocycles. The van der Waals surface area contributed by atoms with Crippen molar-refractivity contribution in [3.05, 3.63) is 48.3 Å². The number of carbonyl (C=O) groups is 1. The summed E-state index contributed by atoms with van der Waals surface area (Å²) in [5, 5.41) is 4.21. The van der Waals surface area contributed by atoms with Gasteiger partial charge in [0.1, 0.15) is 0 Å². The second-order valence-corrected chi connectivity index (χ2v) is 9.69. The molecule has 1 aromatic heterocycles. The fourth-order valence-corrected chi connectivity index (χ4v) is 5.52. The lowest BCUT2D eigenvalue weighted by Crippen LogP contribution is -2.46. The number of benzene rings is 1. The Morgan fingerprint density at radius 3 is 2.45 bits per heavy atom. The minimum atomic E-state index is -3.04. The van der Waals surface area contributed by atoms with E-state index in [1.807, 2.05) is 36.5 Å². The lowest BCUT2D eigenvalue weighted by Gasteiger charge is -2.31. The molecule has 0 spiro atoms. The second-order valence-electron chi connectivity index (χ2n) is 7.46. The first kappa shape index (κ1) is 21.5. The van der Waals surface area contributed by atoms with Crippen LogP contribution in [0.2, 0.25) is 0 Å². The van der Waals surface area contributed by atoms with E-state index < -0.39 is 9.84 Å². The minimum Gasteiger partial charge on any atom is -0.337 e. The smallest absolute Gasteiger partial charge is 0.227 e. The van der Waals surface area contributed by atoms with Gasteiger partial charge in [0.25, 0.3) is 0 Å². The van der Waals surface area contributed by atoms with Gasteiger partial charge in [-0.1, -0.05) is 26.0 Å². The normalized spacial score (nSPS) is 18.2. The molecule has 0 bridgehead atoms. The van der Waals surface area contributed by atoms with Gasteiger partial charge in [0.2, 0.25) is 5.91 Å². The van der Waals surface area contributed by atoms with E-state index in [9.17, 15) is 13.2 Å². The predicted octanol–water partition coefficient (Wildman–Crippen LogP) is 1.77. The molecule has 1 atom stereocenters. The zero-order valence-corrected chi connectivity index (χ0v) is 18.0. The van der Waals surface area contributed by atoms with Crippen LogP contribution in [0.3, 0.4) is 0 Å². The third-order valence-electron chi connectivity index (χ3n) is 5.58. The van der Waals surface area contributed by atoms with Crippen LogP contribution in [0.4, 0.5) is 0 Å². The second kappa shape index (κ2) is 9.54. The largest absolute Gasteiger partial charge is 0.337 e. The van der Waals surface area contributed by atoms with Gasteiger partial charge in [0.05, 0.1) is 23.6 Å². The molecule has 0 aliphatic carbocycles. The third kappa shape index (κ3) is 5.67. The number of carbonyl (C=O) groups excluding carboxylic acids is 1. The van der Waals surface area contributed by atoms with E-state index in [4.69, 9.17) is 0 Å². The topological polar surface area (TPSA) is 75.5 Å². The highest BCUT2D eigenvalue weighted by Gasteiger charge is 2.34. The highest BCUT2D eigenvalue weighted by Crippen LogP contribution is 2.19. The standard InChI is InChI=1S/C21H30N4O3S/c1-3-23(4-2)13-14-24(20-10-15-29(27,28)17-20)21(26)16-18-6-8-19(9-7-18)25-12-5-11-22-25/h5-9,11-12,20H,3-4,10,13-17H2,1-2H3. The van der Waals surface area contributed by atoms with Gasteiger partial charge in [-0.15, -0.1) is 0 Å². The van der Waals surface area contributed by atoms with Gasteiger partial charge in [-0.25, -0.2) is 13.1 Å². The molecule has 8 heteroatoms. The van der Waals surface area contributed by atoms with Gasteiger partial charge in [-0.2, -0.15) is 5.10 Å². The zero-order chi connectivity index (χ0) is 20.9. The van der Waals surface area contributed by atoms with E-state index in [0.29, 0.717) is 13.0 Å². The quantitative estimate of drug-likeness (QED) is 0.620. The van der Waals surface area contributed by atoms with Crippen LogP contribution in [0.15, 0.2) is 42.7 Å². The average molecular weight is 419 g/mol. The molecule has 0 saturated carbocycles. The van der Waals surface area contributed by atoms with Gasteiger partial charge in [-0.3, -0.25) is 4.79 Å². The number of rotatable bonds is 9. The Morgan fingerprint density at radius 1 is 1.17 bits per heavy atom. The first-order chi connectivity index (χ1) is 13.9. The van der Waals surface area contributed by atoms with Crippen LogP contribution in [0, 0.1) is 0 Å². The maximum absolute atomic E-state index is 13.1. The van der Waals surface area contributed by atoms with Crippen LogP contribution in [0.5, 0.6) is 0 Å². The Labute approximate surface area is 173 Å². The van der Waals surface area contributed by atoms with Gasteiger partial charge in [0, 0.05) is 31.5 Å². The number of nitrogens with zero attached hydrogens (tertiary/aromatic N) is 4. The van der Waals surface area contributed by atoms with Crippen LogP contribution < -0.4 is 0 Å². The molecule has 2 aromatic rings. The van der Waals surface area contributed by atoms with Crippen LogP contribution in [-0.4, -0.2) is 77.6 Å². The fraction of sp³-hybridized carbons (Fsp3) is 0.524. The van der Waals surface area contributed by atoms with Gasteiger partial charge < -0.3 is 9.80 Å². The third-order valence-corrected chi connectivity index (χ3v) is 7.33. The molecule has 1 aromatic carbocycles. The van der Waals surface area contributed by atoms with Crippen LogP contribution >= 0.6 is 0 Å². The van der Waals surface area contributed by atoms with Crippen molar-refractivity contribution in [2.24, 2.45) is 0 Å². The molecule has 1 aliphatic rings. The fourth-order valence-electron chi connectivity index (χ4n) is 3.79. The van der Waals surface area contributed by atoms with E-state index in [-0.39, 0.29) is 29.9 Å². The van der Waals surface area contributed by atoms with Gasteiger partial charge >= 0.3 is 0 Å². The molecule has 1 amide bonds. The molecular weight excluding hydrogens is 388 g/mol. The summed E-state index contributed by atoms with van der Waals surface area (Å²) in [7, 11) is -3.04. The van der Waals surface area contributed by atoms with Crippen molar-refractivity contribution in [3.8, 4) is 5.69 Å². The Hall–Kier alpha value is -2.19. The molecular formula is C21H30N4O3S. The van der Waals surface area contributed by atoms with E-state index in [1.165, 1.54) is 0 Å². The number of hydrogen-bond acceptors (Lipinski definition) is 5. The van der Waals surface area contributed by atoms with Crippen molar-refractivity contribution in [2.45, 2.75) is 32.7 Å². The monoisotopic (exact) mass is 418 g/mol. The number of sulfone groups is 1. The van der Waals surface area contributed by atoms with Crippen LogP contribution in [0.1, 0.15) is 25.8 Å². The number of aromatic nitrogens is 2. The summed E-state index contributed by atoms with van der Waals surface area (Å²) in [5.74, 6) is 0.242. The summed E-state index contributed by atoms with van der Waals surface area (Å²) in [6.45, 7) is 7.33. The average Bonchev–Trinajstić information content (AvgIpc) is 3.35. The van der Waals surface area contributed by atoms with E-state index in [2.05, 4.69) is 23.8 Å². The summed E-state index contributed by atoms with van der Waals surface area (Å²) in [4.78, 5) is 17.2. The van der Waals surface area contributed by atoms with Crippen molar-refractivity contribution < 1.29 is 13.2 Å². The van der Waals surface area contributed by atoms with E-state index in [1.54, 1.807) is 15.8 Å². The molecule has 2 heterocycles. The summed E-state index contributed by atoms with van der Waals surface area (Å²) in [5.41, 5.74) is 1.85. The summed E-state index contributed by atoms with van der Waals surface area (Å²) >= 11 is 0. The van der Waals surface area contributed by atoms with E-state index in [0.717, 1.165) is 30.9 Å². The summed E-state index contributed by atoms with van der Waals surface area (Å²) in [6.07, 6.45) is 4.40. The molecule has 29 heavy (non-hydrogen) atoms. The van der Waals surface area contributed by atoms with Crippen molar-refractivity contribution in [3.63, 3.8) is 0 Å². The number of likely N-dealkylation sites (N-methyl/N-ethyl adjacent to an activating group) is 1. The van der Waals surface area contributed by atoms with Gasteiger partial charge in [0.15, 0.2) is 9.84 Å². The molecule has 1 unspecified atom stereocenters. The lowest BCUT2D eigenvalue weighted by atomic mass is 10.1. The molecule has 3 rings (SSSR count). The zero-order valence-electron chi connectivity index (χ0n) is 17.2. The molecule has 158 valence electrons. The number of amides is 1. The van der Waals surface area contributed by atoms with Gasteiger partial charge in [-0.05, 0) is 43.3 Å². The Kier molecular flexibility index (Phi) is 7.08. The summed E-state index contributed by atoms with van der Waals surface area (Å²) in [6, 6.07) is 9.39. The maximum Gasteiger partial charge on any atom is 0.227 e. The van der Waals surface area contributed by atoms with Crippen molar-refractivity contribution >= 4 is 15.7 Å². The lowest BCUT2D eigenvalue weighted by molar-refractivity contribution is -0.132. The highest BCUT2D eigenvalue weighted by atomic mass is 32.2. The first-order valence-corrected chi connectivity index (χ1v) is 12.0. The molecule has 1 saturated heterocycles. The predicted molar refractivity (Wildman–Crippen MR) is 114 cm³/mol. The number of hydrogen-bond donors (Lipinski definition) is 0. The maximum atomic E-state index is 13.1. The van der Waals surface area contributed by atoms with E-state index >= 15 is 0 Å². The highest BCUT2D eigenvalue weighted by molar-refractivity contribution is 7.91. The van der Waals surface area contributed by atoms with Crippen molar-refractivity contribution in [1.29, 1.82) is 0 Å². The van der Waals surface area contributed by atoms with Crippen LogP contribution in [0.25, 0.3) is 5.69 Å². The summed E-state index contributed by atoms with van der Waals surface area (Å²) < 4.78 is 25.7. The van der Waals surface area contributed by atoms with Crippen LogP contribution in [-0.2, 0) is 21.1 Å². The van der Waals surface area contributed by atoms with Crippen molar-refractivity contribution in [2.75, 3.05) is 37.7 Å².